The number of pyridine rings is 1. The Morgan fingerprint density at radius 2 is 2.36 bits per heavy atom. The fourth-order valence-electron chi connectivity index (χ4n) is 1.60. The van der Waals surface area contributed by atoms with Crippen molar-refractivity contribution in [2.45, 2.75) is 26.4 Å². The van der Waals surface area contributed by atoms with Crippen molar-refractivity contribution in [2.24, 2.45) is 0 Å². The van der Waals surface area contributed by atoms with Gasteiger partial charge in [0.2, 0.25) is 0 Å². The van der Waals surface area contributed by atoms with E-state index in [0.717, 1.165) is 31.0 Å². The SMILES string of the molecule is Cc1cc(O[C@@H]2CCNC2)cnc1C. The van der Waals surface area contributed by atoms with Crippen LogP contribution < -0.4 is 10.1 Å². The van der Waals surface area contributed by atoms with Crippen LogP contribution in [0.2, 0.25) is 0 Å². The first kappa shape index (κ1) is 9.46. The number of nitrogens with zero attached hydrogens (tertiary/aromatic N) is 1. The molecule has 0 aliphatic carbocycles. The molecule has 0 radical (unpaired) electrons. The van der Waals surface area contributed by atoms with Crippen LogP contribution in [0.25, 0.3) is 0 Å². The van der Waals surface area contributed by atoms with E-state index in [2.05, 4.69) is 23.3 Å². The summed E-state index contributed by atoms with van der Waals surface area (Å²) >= 11 is 0. The molecule has 3 heteroatoms. The number of nitrogens with one attached hydrogen (secondary N) is 1. The number of hydrogen-bond acceptors (Lipinski definition) is 3. The van der Waals surface area contributed by atoms with Gasteiger partial charge >= 0.3 is 0 Å². The average molecular weight is 192 g/mol. The van der Waals surface area contributed by atoms with Gasteiger partial charge in [0, 0.05) is 12.2 Å². The summed E-state index contributed by atoms with van der Waals surface area (Å²) in [4.78, 5) is 4.28. The number of aromatic nitrogens is 1. The number of hydrogen-bond donors (Lipinski definition) is 1. The van der Waals surface area contributed by atoms with E-state index in [1.54, 1.807) is 6.20 Å². The van der Waals surface area contributed by atoms with E-state index in [9.17, 15) is 0 Å². The van der Waals surface area contributed by atoms with Crippen molar-refractivity contribution in [1.29, 1.82) is 0 Å². The molecule has 0 saturated carbocycles. The molecule has 0 aromatic carbocycles. The van der Waals surface area contributed by atoms with Crippen LogP contribution in [-0.2, 0) is 0 Å². The van der Waals surface area contributed by atoms with Gasteiger partial charge in [0.1, 0.15) is 11.9 Å². The third kappa shape index (κ3) is 2.04. The van der Waals surface area contributed by atoms with Crippen molar-refractivity contribution in [2.75, 3.05) is 13.1 Å². The monoisotopic (exact) mass is 192 g/mol. The van der Waals surface area contributed by atoms with Gasteiger partial charge in [-0.2, -0.15) is 0 Å². The summed E-state index contributed by atoms with van der Waals surface area (Å²) < 4.78 is 5.79. The van der Waals surface area contributed by atoms with Crippen LogP contribution in [0, 0.1) is 13.8 Å². The highest BCUT2D eigenvalue weighted by molar-refractivity contribution is 5.27. The molecule has 1 aliphatic heterocycles. The Kier molecular flexibility index (Phi) is 2.68. The fourth-order valence-corrected chi connectivity index (χ4v) is 1.60. The summed E-state index contributed by atoms with van der Waals surface area (Å²) in [6.45, 7) is 6.08. The molecule has 0 bridgehead atoms. The lowest BCUT2D eigenvalue weighted by molar-refractivity contribution is 0.222. The Morgan fingerprint density at radius 1 is 1.50 bits per heavy atom. The summed E-state index contributed by atoms with van der Waals surface area (Å²) in [6, 6.07) is 2.06. The lowest BCUT2D eigenvalue weighted by Crippen LogP contribution is -2.19. The maximum atomic E-state index is 5.79. The van der Waals surface area contributed by atoms with Crippen molar-refractivity contribution in [1.82, 2.24) is 10.3 Å². The number of aryl methyl sites for hydroxylation is 2. The molecule has 76 valence electrons. The molecule has 3 nitrogen and oxygen atoms in total. The van der Waals surface area contributed by atoms with E-state index in [1.165, 1.54) is 5.56 Å². The Hall–Kier alpha value is -1.09. The Labute approximate surface area is 84.5 Å². The van der Waals surface area contributed by atoms with Crippen LogP contribution in [-0.4, -0.2) is 24.2 Å². The summed E-state index contributed by atoms with van der Waals surface area (Å²) in [5.74, 6) is 0.891. The van der Waals surface area contributed by atoms with E-state index >= 15 is 0 Å². The first-order valence-corrected chi connectivity index (χ1v) is 5.06. The van der Waals surface area contributed by atoms with E-state index in [-0.39, 0.29) is 0 Å². The summed E-state index contributed by atoms with van der Waals surface area (Å²) in [6.07, 6.45) is 3.21. The topological polar surface area (TPSA) is 34.1 Å². The highest BCUT2D eigenvalue weighted by Crippen LogP contribution is 2.16. The normalized spacial score (nSPS) is 21.1. The predicted molar refractivity (Wildman–Crippen MR) is 55.6 cm³/mol. The number of ether oxygens (including phenoxy) is 1. The Bertz CT molecular complexity index is 319. The van der Waals surface area contributed by atoms with Crippen molar-refractivity contribution in [3.63, 3.8) is 0 Å². The quantitative estimate of drug-likeness (QED) is 0.770. The molecular formula is C11H16N2O. The van der Waals surface area contributed by atoms with Crippen molar-refractivity contribution >= 4 is 0 Å². The minimum absolute atomic E-state index is 0.318. The maximum absolute atomic E-state index is 5.79. The van der Waals surface area contributed by atoms with Gasteiger partial charge in [-0.25, -0.2) is 0 Å². The predicted octanol–water partition coefficient (Wildman–Crippen LogP) is 1.44. The van der Waals surface area contributed by atoms with Crippen LogP contribution in [0.15, 0.2) is 12.3 Å². The second-order valence-corrected chi connectivity index (χ2v) is 3.81. The second kappa shape index (κ2) is 3.96. The van der Waals surface area contributed by atoms with Crippen LogP contribution in [0.4, 0.5) is 0 Å². The van der Waals surface area contributed by atoms with Gasteiger partial charge in [0.25, 0.3) is 0 Å². The molecule has 0 unspecified atom stereocenters. The van der Waals surface area contributed by atoms with Gasteiger partial charge in [0.15, 0.2) is 0 Å². The summed E-state index contributed by atoms with van der Waals surface area (Å²) in [5, 5.41) is 3.27. The largest absolute Gasteiger partial charge is 0.487 e. The molecular weight excluding hydrogens is 176 g/mol. The van der Waals surface area contributed by atoms with Gasteiger partial charge in [-0.05, 0) is 38.4 Å². The van der Waals surface area contributed by atoms with Crippen molar-refractivity contribution < 1.29 is 4.74 Å². The lowest BCUT2D eigenvalue weighted by atomic mass is 10.2. The van der Waals surface area contributed by atoms with E-state index in [0.29, 0.717) is 6.10 Å². The molecule has 1 fully saturated rings. The molecule has 1 atom stereocenters. The highest BCUT2D eigenvalue weighted by atomic mass is 16.5. The molecule has 1 aromatic heterocycles. The van der Waals surface area contributed by atoms with Gasteiger partial charge in [-0.3, -0.25) is 4.98 Å². The number of rotatable bonds is 2. The zero-order valence-electron chi connectivity index (χ0n) is 8.71. The first-order valence-electron chi connectivity index (χ1n) is 5.06. The van der Waals surface area contributed by atoms with Crippen LogP contribution in [0.3, 0.4) is 0 Å². The molecule has 2 rings (SSSR count). The third-order valence-electron chi connectivity index (χ3n) is 2.63. The van der Waals surface area contributed by atoms with Gasteiger partial charge in [-0.1, -0.05) is 0 Å². The van der Waals surface area contributed by atoms with Crippen LogP contribution in [0.1, 0.15) is 17.7 Å². The van der Waals surface area contributed by atoms with Crippen molar-refractivity contribution in [3.8, 4) is 5.75 Å². The van der Waals surface area contributed by atoms with E-state index in [4.69, 9.17) is 4.74 Å². The third-order valence-corrected chi connectivity index (χ3v) is 2.63. The second-order valence-electron chi connectivity index (χ2n) is 3.81. The zero-order chi connectivity index (χ0) is 9.97. The maximum Gasteiger partial charge on any atom is 0.138 e. The lowest BCUT2D eigenvalue weighted by Gasteiger charge is -2.12. The molecule has 2 heterocycles. The van der Waals surface area contributed by atoms with Gasteiger partial charge in [-0.15, -0.1) is 0 Å². The van der Waals surface area contributed by atoms with E-state index in [1.807, 2.05) is 6.92 Å². The highest BCUT2D eigenvalue weighted by Gasteiger charge is 2.15. The zero-order valence-corrected chi connectivity index (χ0v) is 8.71. The molecule has 1 aliphatic rings. The Morgan fingerprint density at radius 3 is 3.00 bits per heavy atom. The molecule has 1 aromatic rings. The van der Waals surface area contributed by atoms with Crippen LogP contribution in [0.5, 0.6) is 5.75 Å². The smallest absolute Gasteiger partial charge is 0.138 e. The van der Waals surface area contributed by atoms with Crippen LogP contribution >= 0.6 is 0 Å². The Balaban J connectivity index is 2.05. The molecule has 1 N–H and O–H groups in total. The first-order chi connectivity index (χ1) is 6.75. The van der Waals surface area contributed by atoms with E-state index < -0.39 is 0 Å². The summed E-state index contributed by atoms with van der Waals surface area (Å²) in [5.41, 5.74) is 2.26. The van der Waals surface area contributed by atoms with Gasteiger partial charge in [0.05, 0.1) is 6.20 Å². The molecule has 14 heavy (non-hydrogen) atoms. The summed E-state index contributed by atoms with van der Waals surface area (Å²) in [7, 11) is 0. The molecule has 0 spiro atoms. The standard InChI is InChI=1S/C11H16N2O/c1-8-5-11(7-13-9(8)2)14-10-3-4-12-6-10/h5,7,10,12H,3-4,6H2,1-2H3/t10-/m1/s1. The van der Waals surface area contributed by atoms with Gasteiger partial charge < -0.3 is 10.1 Å². The molecule has 1 saturated heterocycles. The average Bonchev–Trinajstić information content (AvgIpc) is 2.64. The fraction of sp³-hybridized carbons (Fsp3) is 0.545. The van der Waals surface area contributed by atoms with Crippen molar-refractivity contribution in [3.05, 3.63) is 23.5 Å². The minimum Gasteiger partial charge on any atom is -0.487 e. The minimum atomic E-state index is 0.318. The molecule has 0 amide bonds.